The van der Waals surface area contributed by atoms with Gasteiger partial charge in [0.1, 0.15) is 0 Å². The van der Waals surface area contributed by atoms with Crippen molar-refractivity contribution >= 4 is 17.5 Å². The van der Waals surface area contributed by atoms with Crippen LogP contribution in [0.3, 0.4) is 0 Å². The number of aromatic hydroxyl groups is 1. The third-order valence-corrected chi connectivity index (χ3v) is 5.69. The lowest BCUT2D eigenvalue weighted by Gasteiger charge is -2.17. The maximum atomic E-state index is 12.5. The van der Waals surface area contributed by atoms with E-state index in [2.05, 4.69) is 30.9 Å². The molecule has 0 aromatic heterocycles. The van der Waals surface area contributed by atoms with Gasteiger partial charge in [-0.3, -0.25) is 4.79 Å². The van der Waals surface area contributed by atoms with Crippen LogP contribution in [-0.4, -0.2) is 18.0 Å². The normalized spacial score (nSPS) is 13.0. The molecule has 1 aliphatic rings. The molecule has 0 amide bonds. The lowest BCUT2D eigenvalue weighted by Crippen LogP contribution is -2.14. The fourth-order valence-electron chi connectivity index (χ4n) is 3.78. The molecule has 1 heterocycles. The van der Waals surface area contributed by atoms with Gasteiger partial charge in [-0.05, 0) is 84.1 Å². The van der Waals surface area contributed by atoms with Crippen LogP contribution < -0.4 is 9.64 Å². The number of phenolic OH excluding ortho intramolecular Hbond substituents is 1. The van der Waals surface area contributed by atoms with Gasteiger partial charge in [0, 0.05) is 24.3 Å². The Balaban J connectivity index is 1.45. The van der Waals surface area contributed by atoms with Crippen LogP contribution in [0.2, 0.25) is 0 Å². The van der Waals surface area contributed by atoms with Gasteiger partial charge in [0.25, 0.3) is 0 Å². The molecular formula is C26H25NO3. The third kappa shape index (κ3) is 3.94. The van der Waals surface area contributed by atoms with Crippen molar-refractivity contribution in [2.75, 3.05) is 12.0 Å². The molecule has 0 unspecified atom stereocenters. The summed E-state index contributed by atoms with van der Waals surface area (Å²) in [6.45, 7) is 6.10. The van der Waals surface area contributed by atoms with Crippen LogP contribution in [-0.2, 0) is 13.1 Å². The van der Waals surface area contributed by atoms with Gasteiger partial charge >= 0.3 is 0 Å². The minimum atomic E-state index is -0.0652. The maximum Gasteiger partial charge on any atom is 0.185 e. The molecule has 0 saturated heterocycles. The molecule has 0 atom stereocenters. The summed E-state index contributed by atoms with van der Waals surface area (Å²) in [6, 6.07) is 17.3. The van der Waals surface area contributed by atoms with Crippen LogP contribution in [0.25, 0.3) is 6.08 Å². The molecule has 4 rings (SSSR count). The van der Waals surface area contributed by atoms with Crippen molar-refractivity contribution in [2.24, 2.45) is 0 Å². The predicted octanol–water partition coefficient (Wildman–Crippen LogP) is 5.43. The highest BCUT2D eigenvalue weighted by Crippen LogP contribution is 2.30. The number of methoxy groups -OCH3 is 1. The molecule has 0 fully saturated rings. The number of benzene rings is 3. The highest BCUT2D eigenvalue weighted by atomic mass is 16.5. The Hall–Kier alpha value is -3.53. The summed E-state index contributed by atoms with van der Waals surface area (Å²) in [5.74, 6) is 0.390. The van der Waals surface area contributed by atoms with Crippen LogP contribution in [0.5, 0.6) is 11.5 Å². The molecule has 1 N–H and O–H groups in total. The number of allylic oxidation sites excluding steroid dienone is 1. The van der Waals surface area contributed by atoms with Crippen molar-refractivity contribution in [2.45, 2.75) is 26.9 Å². The number of hydrogen-bond acceptors (Lipinski definition) is 4. The number of nitrogens with zero attached hydrogens (tertiary/aromatic N) is 1. The summed E-state index contributed by atoms with van der Waals surface area (Å²) >= 11 is 0. The van der Waals surface area contributed by atoms with Gasteiger partial charge in [0.05, 0.1) is 7.11 Å². The smallest absolute Gasteiger partial charge is 0.185 e. The monoisotopic (exact) mass is 399 g/mol. The molecule has 30 heavy (non-hydrogen) atoms. The van der Waals surface area contributed by atoms with E-state index in [1.165, 1.54) is 35.4 Å². The number of carbonyl (C=O) groups excluding carboxylic acids is 1. The van der Waals surface area contributed by atoms with Crippen molar-refractivity contribution in [3.63, 3.8) is 0 Å². The number of aryl methyl sites for hydroxylation is 2. The lowest BCUT2D eigenvalue weighted by atomic mass is 10.0. The number of phenols is 1. The van der Waals surface area contributed by atoms with Crippen molar-refractivity contribution in [1.82, 2.24) is 0 Å². The number of ketones is 1. The molecule has 0 saturated carbocycles. The number of fused-ring (bicyclic) bond motifs is 1. The molecule has 0 spiro atoms. The fraction of sp³-hybridized carbons (Fsp3) is 0.192. The van der Waals surface area contributed by atoms with Crippen molar-refractivity contribution in [3.8, 4) is 11.5 Å². The predicted molar refractivity (Wildman–Crippen MR) is 120 cm³/mol. The second kappa shape index (κ2) is 8.07. The Morgan fingerprint density at radius 2 is 1.60 bits per heavy atom. The number of hydrogen-bond donors (Lipinski definition) is 1. The quantitative estimate of drug-likeness (QED) is 0.459. The first kappa shape index (κ1) is 19.8. The van der Waals surface area contributed by atoms with Gasteiger partial charge in [-0.1, -0.05) is 24.3 Å². The third-order valence-electron chi connectivity index (χ3n) is 5.69. The summed E-state index contributed by atoms with van der Waals surface area (Å²) in [6.07, 6.45) is 3.26. The molecule has 4 nitrogen and oxygen atoms in total. The summed E-state index contributed by atoms with van der Waals surface area (Å²) in [5, 5.41) is 9.67. The molecule has 4 heteroatoms. The zero-order valence-corrected chi connectivity index (χ0v) is 17.5. The largest absolute Gasteiger partial charge is 0.504 e. The van der Waals surface area contributed by atoms with Crippen LogP contribution in [0.4, 0.5) is 5.69 Å². The van der Waals surface area contributed by atoms with Crippen molar-refractivity contribution < 1.29 is 14.6 Å². The van der Waals surface area contributed by atoms with E-state index in [4.69, 9.17) is 4.74 Å². The minimum Gasteiger partial charge on any atom is -0.504 e. The standard InChI is InChI=1S/C26H25NO3/c1-17-12-21-15-27(16-22(21)13-18(17)2)23-8-6-20(7-9-23)24(28)10-4-19-5-11-25(29)26(14-19)30-3/h4-14,29H,15-16H2,1-3H3/b10-4+. The van der Waals surface area contributed by atoms with Crippen LogP contribution in [0.1, 0.15) is 38.2 Å². The van der Waals surface area contributed by atoms with Crippen molar-refractivity contribution in [3.05, 3.63) is 94.1 Å². The Kier molecular flexibility index (Phi) is 5.32. The zero-order chi connectivity index (χ0) is 21.3. The zero-order valence-electron chi connectivity index (χ0n) is 17.5. The second-order valence-electron chi connectivity index (χ2n) is 7.74. The molecule has 3 aromatic rings. The number of rotatable bonds is 5. The Labute approximate surface area is 177 Å². The first-order valence-corrected chi connectivity index (χ1v) is 9.98. The van der Waals surface area contributed by atoms with Crippen LogP contribution in [0.15, 0.2) is 60.7 Å². The molecule has 1 aliphatic heterocycles. The molecule has 0 aliphatic carbocycles. The molecule has 3 aromatic carbocycles. The van der Waals surface area contributed by atoms with Gasteiger partial charge < -0.3 is 14.7 Å². The van der Waals surface area contributed by atoms with Gasteiger partial charge in [-0.2, -0.15) is 0 Å². The minimum absolute atomic E-state index is 0.0652. The summed E-state index contributed by atoms with van der Waals surface area (Å²) < 4.78 is 5.10. The Morgan fingerprint density at radius 1 is 0.967 bits per heavy atom. The van der Waals surface area contributed by atoms with E-state index in [9.17, 15) is 9.90 Å². The topological polar surface area (TPSA) is 49.8 Å². The van der Waals surface area contributed by atoms with E-state index in [1.807, 2.05) is 24.3 Å². The Morgan fingerprint density at radius 3 is 2.20 bits per heavy atom. The first-order chi connectivity index (χ1) is 14.4. The summed E-state index contributed by atoms with van der Waals surface area (Å²) in [4.78, 5) is 14.9. The molecule has 0 radical (unpaired) electrons. The van der Waals surface area contributed by atoms with Crippen LogP contribution in [0, 0.1) is 13.8 Å². The van der Waals surface area contributed by atoms with E-state index in [0.717, 1.165) is 24.3 Å². The first-order valence-electron chi connectivity index (χ1n) is 9.98. The molecular weight excluding hydrogens is 374 g/mol. The highest BCUT2D eigenvalue weighted by molar-refractivity contribution is 6.07. The molecule has 0 bridgehead atoms. The van der Waals surface area contributed by atoms with E-state index < -0.39 is 0 Å². The van der Waals surface area contributed by atoms with E-state index in [0.29, 0.717) is 11.3 Å². The van der Waals surface area contributed by atoms with Gasteiger partial charge in [-0.25, -0.2) is 0 Å². The molecule has 152 valence electrons. The van der Waals surface area contributed by atoms with Crippen molar-refractivity contribution in [1.29, 1.82) is 0 Å². The number of carbonyl (C=O) groups is 1. The number of ether oxygens (including phenoxy) is 1. The van der Waals surface area contributed by atoms with Gasteiger partial charge in [-0.15, -0.1) is 0 Å². The van der Waals surface area contributed by atoms with Crippen LogP contribution >= 0.6 is 0 Å². The average molecular weight is 399 g/mol. The summed E-state index contributed by atoms with van der Waals surface area (Å²) in [7, 11) is 1.50. The highest BCUT2D eigenvalue weighted by Gasteiger charge is 2.20. The SMILES string of the molecule is COc1cc(/C=C/C(=O)c2ccc(N3Cc4cc(C)c(C)cc4C3)cc2)ccc1O. The lowest BCUT2D eigenvalue weighted by molar-refractivity contribution is 0.104. The van der Waals surface area contributed by atoms with Gasteiger partial charge in [0.2, 0.25) is 0 Å². The average Bonchev–Trinajstić information content (AvgIpc) is 3.16. The maximum absolute atomic E-state index is 12.5. The van der Waals surface area contributed by atoms with Gasteiger partial charge in [0.15, 0.2) is 17.3 Å². The fourth-order valence-corrected chi connectivity index (χ4v) is 3.78. The van der Waals surface area contributed by atoms with E-state index >= 15 is 0 Å². The van der Waals surface area contributed by atoms with E-state index in [-0.39, 0.29) is 11.5 Å². The Bertz CT molecular complexity index is 1100. The van der Waals surface area contributed by atoms with E-state index in [1.54, 1.807) is 24.3 Å². The number of anilines is 1. The second-order valence-corrected chi connectivity index (χ2v) is 7.74. The summed E-state index contributed by atoms with van der Waals surface area (Å²) in [5.41, 5.74) is 7.96.